The second kappa shape index (κ2) is 3.71. The molecule has 1 radical (unpaired) electrons. The van der Waals surface area contributed by atoms with Crippen LogP contribution in [-0.2, 0) is 6.42 Å². The highest BCUT2D eigenvalue weighted by Gasteiger charge is 1.92. The van der Waals surface area contributed by atoms with E-state index in [1.807, 2.05) is 6.07 Å². The first-order valence-electron chi connectivity index (χ1n) is 3.05. The standard InChI is InChI=1S/C8H7BrF/c9-5-4-7-2-1-3-8(10)6-7/h1-3H,4-5H2. The summed E-state index contributed by atoms with van der Waals surface area (Å²) in [5.74, 6) is -0.279. The topological polar surface area (TPSA) is 0 Å². The number of benzene rings is 1. The fourth-order valence-corrected chi connectivity index (χ4v) is 1.16. The Labute approximate surface area is 68.2 Å². The Bertz CT molecular complexity index is 210. The van der Waals surface area contributed by atoms with Gasteiger partial charge in [-0.2, -0.15) is 0 Å². The number of halogens is 2. The van der Waals surface area contributed by atoms with Crippen molar-refractivity contribution in [2.45, 2.75) is 6.42 Å². The minimum atomic E-state index is -0.279. The molecular weight excluding hydrogens is 195 g/mol. The van der Waals surface area contributed by atoms with Crippen molar-refractivity contribution in [2.75, 3.05) is 5.33 Å². The van der Waals surface area contributed by atoms with Crippen LogP contribution in [0.15, 0.2) is 18.2 Å². The van der Waals surface area contributed by atoms with Gasteiger partial charge in [0.1, 0.15) is 5.82 Å². The Hall–Kier alpha value is -0.370. The third kappa shape index (κ3) is 2.10. The molecule has 0 unspecified atom stereocenters. The van der Waals surface area contributed by atoms with Crippen molar-refractivity contribution in [1.29, 1.82) is 0 Å². The molecule has 2 heteroatoms. The molecule has 10 heavy (non-hydrogen) atoms. The van der Waals surface area contributed by atoms with Crippen molar-refractivity contribution in [3.8, 4) is 0 Å². The number of aryl methyl sites for hydroxylation is 1. The maximum atomic E-state index is 12.4. The Morgan fingerprint density at radius 3 is 2.90 bits per heavy atom. The van der Waals surface area contributed by atoms with Crippen LogP contribution in [0.5, 0.6) is 0 Å². The van der Waals surface area contributed by atoms with Gasteiger partial charge in [-0.1, -0.05) is 28.1 Å². The molecule has 0 aliphatic heterocycles. The minimum Gasteiger partial charge on any atom is -0.206 e. The van der Waals surface area contributed by atoms with Crippen LogP contribution in [0.1, 0.15) is 5.56 Å². The predicted octanol–water partition coefficient (Wildman–Crippen LogP) is 2.56. The largest absolute Gasteiger partial charge is 0.206 e. The van der Waals surface area contributed by atoms with Crippen LogP contribution in [0.3, 0.4) is 0 Å². The van der Waals surface area contributed by atoms with Crippen LogP contribution in [0.4, 0.5) is 4.39 Å². The van der Waals surface area contributed by atoms with E-state index in [2.05, 4.69) is 22.0 Å². The molecule has 0 saturated carbocycles. The van der Waals surface area contributed by atoms with E-state index in [-0.39, 0.29) is 5.82 Å². The molecule has 0 aliphatic rings. The maximum Gasteiger partial charge on any atom is 0.131 e. The summed E-state index contributed by atoms with van der Waals surface area (Å²) in [5, 5.41) is 0.854. The highest BCUT2D eigenvalue weighted by atomic mass is 79.9. The maximum absolute atomic E-state index is 12.4. The summed E-state index contributed by atoms with van der Waals surface area (Å²) in [6, 6.07) is 7.58. The monoisotopic (exact) mass is 201 g/mol. The van der Waals surface area contributed by atoms with E-state index >= 15 is 0 Å². The van der Waals surface area contributed by atoms with Crippen molar-refractivity contribution < 1.29 is 4.39 Å². The first-order valence-corrected chi connectivity index (χ1v) is 4.18. The van der Waals surface area contributed by atoms with Gasteiger partial charge in [-0.05, 0) is 18.1 Å². The number of rotatable bonds is 2. The van der Waals surface area contributed by atoms with E-state index in [1.165, 1.54) is 6.07 Å². The molecule has 0 aliphatic carbocycles. The van der Waals surface area contributed by atoms with E-state index < -0.39 is 0 Å². The van der Waals surface area contributed by atoms with Crippen molar-refractivity contribution in [3.05, 3.63) is 35.6 Å². The summed E-state index contributed by atoms with van der Waals surface area (Å²) in [4.78, 5) is 0. The van der Waals surface area contributed by atoms with E-state index in [4.69, 9.17) is 0 Å². The zero-order chi connectivity index (χ0) is 7.40. The normalized spacial score (nSPS) is 9.80. The molecule has 0 nitrogen and oxygen atoms in total. The molecule has 0 aromatic heterocycles. The zero-order valence-electron chi connectivity index (χ0n) is 5.40. The average molecular weight is 202 g/mol. The van der Waals surface area contributed by atoms with E-state index in [0.29, 0.717) is 0 Å². The Balaban J connectivity index is 2.75. The van der Waals surface area contributed by atoms with Gasteiger partial charge in [-0.15, -0.1) is 0 Å². The highest BCUT2D eigenvalue weighted by Crippen LogP contribution is 2.03. The lowest BCUT2D eigenvalue weighted by Gasteiger charge is -1.94. The van der Waals surface area contributed by atoms with E-state index in [9.17, 15) is 4.39 Å². The average Bonchev–Trinajstić information content (AvgIpc) is 1.88. The molecule has 0 spiro atoms. The van der Waals surface area contributed by atoms with E-state index in [0.717, 1.165) is 17.3 Å². The zero-order valence-corrected chi connectivity index (χ0v) is 6.99. The summed E-state index contributed by atoms with van der Waals surface area (Å²) >= 11 is 3.27. The summed E-state index contributed by atoms with van der Waals surface area (Å²) in [5.41, 5.74) is 0.914. The molecule has 0 heterocycles. The molecule has 0 fully saturated rings. The van der Waals surface area contributed by atoms with Gasteiger partial charge < -0.3 is 0 Å². The first-order chi connectivity index (χ1) is 4.83. The molecule has 1 rings (SSSR count). The molecular formula is C8H7BrF. The second-order valence-electron chi connectivity index (χ2n) is 1.96. The smallest absolute Gasteiger partial charge is 0.131 e. The number of hydrogen-bond acceptors (Lipinski definition) is 0. The molecule has 53 valence electrons. The molecule has 0 amide bonds. The molecule has 0 N–H and O–H groups in total. The number of alkyl halides is 1. The lowest BCUT2D eigenvalue weighted by molar-refractivity contribution is 0.623. The van der Waals surface area contributed by atoms with E-state index in [1.54, 1.807) is 6.07 Å². The van der Waals surface area contributed by atoms with Crippen LogP contribution in [0, 0.1) is 11.9 Å². The van der Waals surface area contributed by atoms with Crippen molar-refractivity contribution in [2.24, 2.45) is 0 Å². The van der Waals surface area contributed by atoms with Gasteiger partial charge in [0, 0.05) is 11.4 Å². The minimum absolute atomic E-state index is 0.279. The Morgan fingerprint density at radius 2 is 2.30 bits per heavy atom. The summed E-state index contributed by atoms with van der Waals surface area (Å²) in [6.07, 6.45) is 0.831. The van der Waals surface area contributed by atoms with Crippen molar-refractivity contribution >= 4 is 15.9 Å². The molecule has 0 atom stereocenters. The fraction of sp³-hybridized carbons (Fsp3) is 0.250. The summed E-state index contributed by atoms with van der Waals surface area (Å²) in [6.45, 7) is 0. The van der Waals surface area contributed by atoms with Gasteiger partial charge >= 0.3 is 0 Å². The van der Waals surface area contributed by atoms with Crippen molar-refractivity contribution in [3.63, 3.8) is 0 Å². The molecule has 1 aromatic carbocycles. The van der Waals surface area contributed by atoms with Crippen LogP contribution in [0.2, 0.25) is 0 Å². The van der Waals surface area contributed by atoms with Crippen LogP contribution in [0.25, 0.3) is 0 Å². The van der Waals surface area contributed by atoms with Crippen molar-refractivity contribution in [1.82, 2.24) is 0 Å². The predicted molar refractivity (Wildman–Crippen MR) is 42.7 cm³/mol. The lowest BCUT2D eigenvalue weighted by atomic mass is 10.2. The lowest BCUT2D eigenvalue weighted by Crippen LogP contribution is -1.86. The van der Waals surface area contributed by atoms with Gasteiger partial charge in [-0.25, -0.2) is 4.39 Å². The molecule has 1 aromatic rings. The van der Waals surface area contributed by atoms with Crippen LogP contribution < -0.4 is 0 Å². The summed E-state index contributed by atoms with van der Waals surface area (Å²) in [7, 11) is 0. The third-order valence-corrected chi connectivity index (χ3v) is 1.58. The van der Waals surface area contributed by atoms with Gasteiger partial charge in [0.05, 0.1) is 0 Å². The van der Waals surface area contributed by atoms with Gasteiger partial charge in [-0.3, -0.25) is 0 Å². The molecule has 0 saturated heterocycles. The van der Waals surface area contributed by atoms with Gasteiger partial charge in [0.2, 0.25) is 0 Å². The number of hydrogen-bond donors (Lipinski definition) is 0. The molecule has 0 bridgehead atoms. The third-order valence-electron chi connectivity index (χ3n) is 1.18. The second-order valence-corrected chi connectivity index (χ2v) is 2.76. The fourth-order valence-electron chi connectivity index (χ4n) is 0.733. The van der Waals surface area contributed by atoms with Crippen LogP contribution in [-0.4, -0.2) is 5.33 Å². The van der Waals surface area contributed by atoms with Gasteiger partial charge in [0.25, 0.3) is 0 Å². The SMILES string of the molecule is Fc1[c]c(CCBr)ccc1. The summed E-state index contributed by atoms with van der Waals surface area (Å²) < 4.78 is 12.4. The highest BCUT2D eigenvalue weighted by molar-refractivity contribution is 9.09. The van der Waals surface area contributed by atoms with Gasteiger partial charge in [0.15, 0.2) is 0 Å². The van der Waals surface area contributed by atoms with Crippen LogP contribution >= 0.6 is 15.9 Å². The Kier molecular flexibility index (Phi) is 2.87. The Morgan fingerprint density at radius 1 is 1.50 bits per heavy atom. The quantitative estimate of drug-likeness (QED) is 0.646. The first kappa shape index (κ1) is 7.73.